The van der Waals surface area contributed by atoms with Gasteiger partial charge in [-0.3, -0.25) is 0 Å². The molecule has 1 aliphatic rings. The van der Waals surface area contributed by atoms with Gasteiger partial charge in [0, 0.05) is 17.0 Å². The van der Waals surface area contributed by atoms with E-state index < -0.39 is 38.8 Å². The summed E-state index contributed by atoms with van der Waals surface area (Å²) in [5, 5.41) is 15.1. The lowest BCUT2D eigenvalue weighted by molar-refractivity contribution is -0.139. The predicted molar refractivity (Wildman–Crippen MR) is 123 cm³/mol. The topological polar surface area (TPSA) is 96.6 Å². The van der Waals surface area contributed by atoms with Gasteiger partial charge in [-0.05, 0) is 44.7 Å². The molecular weight excluding hydrogens is 489 g/mol. The van der Waals surface area contributed by atoms with E-state index in [-0.39, 0.29) is 11.0 Å². The highest BCUT2D eigenvalue weighted by atomic mass is 32.2. The van der Waals surface area contributed by atoms with Gasteiger partial charge in [0.05, 0.1) is 28.0 Å². The van der Waals surface area contributed by atoms with Gasteiger partial charge >= 0.3 is 6.18 Å². The number of nitrogens with one attached hydrogen (secondary N) is 1. The van der Waals surface area contributed by atoms with Crippen molar-refractivity contribution in [2.75, 3.05) is 0 Å². The Labute approximate surface area is 200 Å². The summed E-state index contributed by atoms with van der Waals surface area (Å²) in [6, 6.07) is 2.57. The molecule has 0 aliphatic heterocycles. The van der Waals surface area contributed by atoms with E-state index in [1.807, 2.05) is 20.8 Å². The normalized spacial score (nSPS) is 20.2. The monoisotopic (exact) mass is 516 g/mol. The zero-order valence-corrected chi connectivity index (χ0v) is 20.9. The second-order valence-electron chi connectivity index (χ2n) is 9.73. The van der Waals surface area contributed by atoms with Gasteiger partial charge in [-0.2, -0.15) is 18.3 Å². The summed E-state index contributed by atoms with van der Waals surface area (Å²) in [5.41, 5.74) is -0.206. The summed E-state index contributed by atoms with van der Waals surface area (Å²) >= 11 is 1.38. The molecule has 4 rings (SSSR count). The lowest BCUT2D eigenvalue weighted by Crippen LogP contribution is -2.39. The molecule has 12 heteroatoms. The number of rotatable bonds is 4. The lowest BCUT2D eigenvalue weighted by Gasteiger charge is -2.26. The van der Waals surface area contributed by atoms with Gasteiger partial charge < -0.3 is 5.11 Å². The number of aliphatic hydroxyl groups is 1. The molecule has 186 valence electrons. The maximum atomic E-state index is 13.8. The van der Waals surface area contributed by atoms with Crippen molar-refractivity contribution in [2.24, 2.45) is 0 Å². The lowest BCUT2D eigenvalue weighted by atomic mass is 9.94. The molecule has 1 fully saturated rings. The highest BCUT2D eigenvalue weighted by Crippen LogP contribution is 2.38. The van der Waals surface area contributed by atoms with Gasteiger partial charge in [0.2, 0.25) is 15.0 Å². The number of hydrogen-bond acceptors (Lipinski definition) is 6. The molecule has 0 atom stereocenters. The first-order valence-corrected chi connectivity index (χ1v) is 13.3. The van der Waals surface area contributed by atoms with Gasteiger partial charge in [-0.15, -0.1) is 0 Å². The van der Waals surface area contributed by atoms with Crippen LogP contribution in [0.1, 0.15) is 62.7 Å². The summed E-state index contributed by atoms with van der Waals surface area (Å²) in [7, 11) is -4.49. The van der Waals surface area contributed by atoms with Crippen molar-refractivity contribution in [2.45, 2.75) is 82.0 Å². The van der Waals surface area contributed by atoms with Crippen LogP contribution in [-0.4, -0.2) is 40.3 Å². The molecule has 0 amide bonds. The van der Waals surface area contributed by atoms with Crippen LogP contribution in [0.2, 0.25) is 0 Å². The Morgan fingerprint density at radius 2 is 1.79 bits per heavy atom. The smallest absolute Gasteiger partial charge is 0.393 e. The zero-order chi connectivity index (χ0) is 25.1. The fraction of sp³-hybridized carbons (Fsp3) is 0.545. The number of alkyl halides is 3. The van der Waals surface area contributed by atoms with Crippen LogP contribution in [-0.2, 0) is 21.6 Å². The largest absolute Gasteiger partial charge is 0.417 e. The number of fused-ring (bicyclic) bond motifs is 1. The third-order valence-corrected chi connectivity index (χ3v) is 8.78. The minimum Gasteiger partial charge on any atom is -0.393 e. The van der Waals surface area contributed by atoms with Crippen LogP contribution in [0.5, 0.6) is 0 Å². The van der Waals surface area contributed by atoms with Crippen molar-refractivity contribution in [1.29, 1.82) is 0 Å². The van der Waals surface area contributed by atoms with E-state index >= 15 is 0 Å². The molecule has 1 aliphatic carbocycles. The van der Waals surface area contributed by atoms with E-state index in [4.69, 9.17) is 0 Å². The zero-order valence-electron chi connectivity index (χ0n) is 19.3. The van der Waals surface area contributed by atoms with Crippen LogP contribution in [0, 0.1) is 6.92 Å². The number of aryl methyl sites for hydroxylation is 1. The van der Waals surface area contributed by atoms with Crippen molar-refractivity contribution < 1.29 is 26.7 Å². The average Bonchev–Trinajstić information content (AvgIpc) is 3.25. The highest BCUT2D eigenvalue weighted by Gasteiger charge is 2.38. The molecule has 0 bridgehead atoms. The maximum absolute atomic E-state index is 13.8. The molecular formula is C22H27F3N4O3S2. The van der Waals surface area contributed by atoms with Crippen LogP contribution in [0.3, 0.4) is 0 Å². The summed E-state index contributed by atoms with van der Waals surface area (Å²) in [6.45, 7) is 7.70. The number of nitrogens with zero attached hydrogens (tertiary/aromatic N) is 3. The van der Waals surface area contributed by atoms with E-state index in [0.29, 0.717) is 42.0 Å². The quantitative estimate of drug-likeness (QED) is 0.526. The molecule has 0 spiro atoms. The first kappa shape index (κ1) is 25.1. The third kappa shape index (κ3) is 4.86. The fourth-order valence-corrected chi connectivity index (χ4v) is 6.65. The number of imidazole rings is 1. The molecule has 7 nitrogen and oxygen atoms in total. The van der Waals surface area contributed by atoms with Crippen LogP contribution in [0.25, 0.3) is 16.2 Å². The van der Waals surface area contributed by atoms with Gasteiger partial charge in [0.15, 0.2) is 0 Å². The molecule has 0 radical (unpaired) electrons. The summed E-state index contributed by atoms with van der Waals surface area (Å²) in [4.78, 5) is 4.25. The van der Waals surface area contributed by atoms with Gasteiger partial charge in [0.25, 0.3) is 0 Å². The summed E-state index contributed by atoms with van der Waals surface area (Å²) in [6.07, 6.45) is -3.86. The van der Waals surface area contributed by atoms with Crippen molar-refractivity contribution in [3.05, 3.63) is 34.5 Å². The van der Waals surface area contributed by atoms with Crippen LogP contribution in [0.4, 0.5) is 13.2 Å². The summed E-state index contributed by atoms with van der Waals surface area (Å²) < 4.78 is 71.7. The molecule has 0 saturated heterocycles. The Kier molecular flexibility index (Phi) is 6.33. The Morgan fingerprint density at radius 1 is 1.15 bits per heavy atom. The third-order valence-electron chi connectivity index (χ3n) is 5.89. The van der Waals surface area contributed by atoms with Crippen LogP contribution in [0.15, 0.2) is 23.1 Å². The fourth-order valence-electron chi connectivity index (χ4n) is 4.09. The molecule has 34 heavy (non-hydrogen) atoms. The Morgan fingerprint density at radius 3 is 2.38 bits per heavy atom. The van der Waals surface area contributed by atoms with Crippen LogP contribution >= 0.6 is 11.3 Å². The number of halogens is 3. The van der Waals surface area contributed by atoms with Gasteiger partial charge in [-0.1, -0.05) is 38.2 Å². The molecule has 1 saturated carbocycles. The maximum Gasteiger partial charge on any atom is 0.417 e. The Hall–Kier alpha value is -2.02. The number of aliphatic hydroxyl groups excluding tert-OH is 1. The number of hydrogen-bond donors (Lipinski definition) is 2. The van der Waals surface area contributed by atoms with Gasteiger partial charge in [-0.25, -0.2) is 22.6 Å². The summed E-state index contributed by atoms with van der Waals surface area (Å²) in [5.74, 6) is 0. The van der Waals surface area contributed by atoms with Crippen LogP contribution < -0.4 is 4.72 Å². The second-order valence-corrected chi connectivity index (χ2v) is 12.4. The van der Waals surface area contributed by atoms with E-state index in [2.05, 4.69) is 14.8 Å². The minimum absolute atomic E-state index is 0.247. The molecule has 2 aromatic heterocycles. The predicted octanol–water partition coefficient (Wildman–Crippen LogP) is 4.66. The van der Waals surface area contributed by atoms with E-state index in [1.54, 1.807) is 11.4 Å². The van der Waals surface area contributed by atoms with Gasteiger partial charge in [0.1, 0.15) is 5.01 Å². The van der Waals surface area contributed by atoms with Crippen molar-refractivity contribution >= 4 is 26.3 Å². The van der Waals surface area contributed by atoms with Crippen molar-refractivity contribution in [1.82, 2.24) is 19.3 Å². The molecule has 2 heterocycles. The first-order chi connectivity index (χ1) is 15.7. The minimum atomic E-state index is -4.85. The molecule has 3 aromatic rings. The van der Waals surface area contributed by atoms with Crippen molar-refractivity contribution in [3.63, 3.8) is 0 Å². The van der Waals surface area contributed by atoms with E-state index in [9.17, 15) is 26.7 Å². The van der Waals surface area contributed by atoms with Crippen molar-refractivity contribution in [3.8, 4) is 11.3 Å². The Bertz CT molecular complexity index is 1320. The molecule has 2 N–H and O–H groups in total. The second kappa shape index (κ2) is 8.58. The molecule has 1 aromatic carbocycles. The average molecular weight is 517 g/mol. The first-order valence-electron chi connectivity index (χ1n) is 11.0. The number of sulfonamides is 1. The van der Waals surface area contributed by atoms with E-state index in [1.165, 1.54) is 17.4 Å². The SMILES string of the molecule is Cc1nc2sc(C(C)(C)C)nn2c1-c1ccc(C(F)(F)F)c(S(=O)(=O)NC2CCC(O)CC2)c1. The standard InChI is InChI=1S/C22H27F3N4O3S2/c1-12-18(29-20(26-12)33-19(27-29)21(2,3)4)13-5-10-16(22(23,24)25)17(11-13)34(31,32)28-14-6-8-15(30)9-7-14/h5,10-11,14-15,28,30H,6-9H2,1-4H3. The number of benzene rings is 1. The van der Waals surface area contributed by atoms with E-state index in [0.717, 1.165) is 17.1 Å². The molecule has 0 unspecified atom stereocenters. The Balaban J connectivity index is 1.82. The highest BCUT2D eigenvalue weighted by molar-refractivity contribution is 7.89. The number of aromatic nitrogens is 3.